The number of benzene rings is 2. The van der Waals surface area contributed by atoms with Gasteiger partial charge in [0.25, 0.3) is 0 Å². The van der Waals surface area contributed by atoms with Crippen molar-refractivity contribution in [1.82, 2.24) is 19.1 Å². The lowest BCUT2D eigenvalue weighted by Gasteiger charge is -2.28. The lowest BCUT2D eigenvalue weighted by Crippen LogP contribution is -2.26. The molecule has 0 N–H and O–H groups in total. The molecule has 50 heavy (non-hydrogen) atoms. The van der Waals surface area contributed by atoms with E-state index in [0.29, 0.717) is 44.7 Å². The molecule has 0 saturated heterocycles. The van der Waals surface area contributed by atoms with Crippen molar-refractivity contribution in [3.05, 3.63) is 107 Å². The lowest BCUT2D eigenvalue weighted by atomic mass is 9.75. The molecule has 0 aliphatic carbocycles. The molecule has 6 aromatic rings. The topological polar surface area (TPSA) is 42.1 Å². The van der Waals surface area contributed by atoms with Gasteiger partial charge in [0.2, 0.25) is 0 Å². The van der Waals surface area contributed by atoms with Gasteiger partial charge < -0.3 is 9.80 Å². The lowest BCUT2D eigenvalue weighted by molar-refractivity contribution is -0.141. The second-order valence-electron chi connectivity index (χ2n) is 14.4. The number of aromatic nitrogens is 4. The summed E-state index contributed by atoms with van der Waals surface area (Å²) in [5.41, 5.74) is -0.875. The van der Waals surface area contributed by atoms with E-state index in [-0.39, 0.29) is 22.4 Å². The van der Waals surface area contributed by atoms with Gasteiger partial charge in [0.05, 0.1) is 11.4 Å². The number of hydrogen-bond donors (Lipinski definition) is 0. The van der Waals surface area contributed by atoms with E-state index < -0.39 is 34.6 Å². The third kappa shape index (κ3) is 5.01. The van der Waals surface area contributed by atoms with Crippen molar-refractivity contribution in [2.45, 2.75) is 50.9 Å². The van der Waals surface area contributed by atoms with E-state index in [1.54, 1.807) is 86.5 Å². The zero-order valence-corrected chi connectivity index (χ0v) is 28.9. The first-order valence-electron chi connectivity index (χ1n) is 16.0. The Morgan fingerprint density at radius 1 is 0.540 bits per heavy atom. The molecular formula is C38H36F6N6. The molecule has 0 amide bonds. The number of nitrogens with zero attached hydrogens (tertiary/aromatic N) is 6. The van der Waals surface area contributed by atoms with Crippen LogP contribution in [0.5, 0.6) is 0 Å². The maximum Gasteiger partial charge on any atom is 0.432 e. The standard InChI is InChI=1S/C38H36F6N6/c1-35(2)27-13-9-11-23-25(27)19-49(33(23)37(39,40)41)31-17-21(47(5)6)15-29(45-31)36(3,4)30-16-22(48(7)8)18-32(46-30)50-20-26-24(12-10-14-28(26)35)34(50)38(42,43)44/h9-20H,1-8H3. The Balaban J connectivity index is 1.72. The molecule has 5 heterocycles. The van der Waals surface area contributed by atoms with Crippen molar-refractivity contribution in [2.24, 2.45) is 0 Å². The van der Waals surface area contributed by atoms with E-state index in [1.807, 2.05) is 27.7 Å². The fourth-order valence-corrected chi connectivity index (χ4v) is 7.18. The number of hydrogen-bond acceptors (Lipinski definition) is 4. The zero-order valence-electron chi connectivity index (χ0n) is 28.9. The molecule has 0 atom stereocenters. The van der Waals surface area contributed by atoms with Crippen LogP contribution in [0.25, 0.3) is 33.2 Å². The van der Waals surface area contributed by atoms with Gasteiger partial charge >= 0.3 is 12.4 Å². The highest BCUT2D eigenvalue weighted by Gasteiger charge is 2.42. The van der Waals surface area contributed by atoms with Gasteiger partial charge in [0.1, 0.15) is 23.0 Å². The normalized spacial score (nSPS) is 15.3. The summed E-state index contributed by atoms with van der Waals surface area (Å²) in [5.74, 6) is 0.106. The summed E-state index contributed by atoms with van der Waals surface area (Å²) in [6, 6.07) is 16.2. The van der Waals surface area contributed by atoms with Crippen molar-refractivity contribution >= 4 is 32.9 Å². The summed E-state index contributed by atoms with van der Waals surface area (Å²) in [6.07, 6.45) is -6.63. The minimum atomic E-state index is -4.77. The Kier molecular flexibility index (Phi) is 7.20. The number of alkyl halides is 6. The average Bonchev–Trinajstić information content (AvgIpc) is 3.63. The number of halogens is 6. The minimum Gasteiger partial charge on any atom is -0.377 e. The Morgan fingerprint density at radius 3 is 1.26 bits per heavy atom. The Morgan fingerprint density at radius 2 is 0.920 bits per heavy atom. The third-order valence-corrected chi connectivity index (χ3v) is 10.0. The predicted molar refractivity (Wildman–Crippen MR) is 185 cm³/mol. The predicted octanol–water partition coefficient (Wildman–Crippen LogP) is 9.50. The summed E-state index contributed by atoms with van der Waals surface area (Å²) < 4.78 is 93.2. The summed E-state index contributed by atoms with van der Waals surface area (Å²) in [5, 5.41) is 0.583. The molecule has 1 aliphatic heterocycles. The van der Waals surface area contributed by atoms with E-state index in [0.717, 1.165) is 9.13 Å². The third-order valence-electron chi connectivity index (χ3n) is 10.0. The Hall–Kier alpha value is -5.00. The SMILES string of the molecule is CN(C)c1cc2nc(c1)C(C)(C)c1cc(N(C)C)cc(n1)-n1cc3c(cccc3c1C(F)(F)F)C(C)(C)c1cccc3c(C(F)(F)F)n-2cc13. The monoisotopic (exact) mass is 690 g/mol. The van der Waals surface area contributed by atoms with Crippen LogP contribution in [0.2, 0.25) is 0 Å². The fraction of sp³-hybridized carbons (Fsp3) is 0.316. The van der Waals surface area contributed by atoms with Crippen LogP contribution in [0.3, 0.4) is 0 Å². The molecule has 4 aromatic heterocycles. The van der Waals surface area contributed by atoms with Crippen molar-refractivity contribution in [3.63, 3.8) is 0 Å². The van der Waals surface area contributed by atoms with Crippen molar-refractivity contribution in [2.75, 3.05) is 38.0 Å². The smallest absolute Gasteiger partial charge is 0.377 e. The molecule has 8 bridgehead atoms. The van der Waals surface area contributed by atoms with Gasteiger partial charge in [-0.3, -0.25) is 9.13 Å². The maximum absolute atomic E-state index is 15.2. The number of pyridine rings is 2. The van der Waals surface area contributed by atoms with Crippen LogP contribution in [0.1, 0.15) is 61.6 Å². The number of fused-ring (bicyclic) bond motifs is 8. The van der Waals surface area contributed by atoms with E-state index in [2.05, 4.69) is 0 Å². The Bertz CT molecular complexity index is 2160. The van der Waals surface area contributed by atoms with Gasteiger partial charge in [-0.1, -0.05) is 50.2 Å². The van der Waals surface area contributed by atoms with Crippen molar-refractivity contribution in [3.8, 4) is 11.6 Å². The molecule has 6 nitrogen and oxygen atoms in total. The first kappa shape index (κ1) is 33.5. The summed E-state index contributed by atoms with van der Waals surface area (Å²) >= 11 is 0. The summed E-state index contributed by atoms with van der Waals surface area (Å²) in [7, 11) is 7.13. The molecule has 12 heteroatoms. The van der Waals surface area contributed by atoms with Gasteiger partial charge in [-0.25, -0.2) is 9.97 Å². The van der Waals surface area contributed by atoms with Gasteiger partial charge in [0, 0.05) is 96.5 Å². The second kappa shape index (κ2) is 10.7. The van der Waals surface area contributed by atoms with E-state index >= 15 is 26.3 Å². The molecule has 0 unspecified atom stereocenters. The maximum atomic E-state index is 15.2. The van der Waals surface area contributed by atoms with Gasteiger partial charge in [-0.2, -0.15) is 26.3 Å². The molecule has 260 valence electrons. The van der Waals surface area contributed by atoms with Crippen LogP contribution in [0, 0.1) is 0 Å². The summed E-state index contributed by atoms with van der Waals surface area (Å²) in [6.45, 7) is 7.28. The first-order valence-corrected chi connectivity index (χ1v) is 16.0. The molecular weight excluding hydrogens is 654 g/mol. The summed E-state index contributed by atoms with van der Waals surface area (Å²) in [4.78, 5) is 13.3. The molecule has 0 saturated carbocycles. The highest BCUT2D eigenvalue weighted by atomic mass is 19.4. The van der Waals surface area contributed by atoms with Crippen LogP contribution in [0.15, 0.2) is 73.1 Å². The van der Waals surface area contributed by atoms with Crippen molar-refractivity contribution in [1.29, 1.82) is 0 Å². The second-order valence-corrected chi connectivity index (χ2v) is 14.4. The quantitative estimate of drug-likeness (QED) is 0.170. The minimum absolute atomic E-state index is 0.0325. The van der Waals surface area contributed by atoms with Gasteiger partial charge in [0.15, 0.2) is 0 Å². The number of anilines is 2. The molecule has 7 rings (SSSR count). The van der Waals surface area contributed by atoms with Gasteiger partial charge in [-0.05, 0) is 37.1 Å². The van der Waals surface area contributed by atoms with Crippen LogP contribution < -0.4 is 9.80 Å². The van der Waals surface area contributed by atoms with Crippen LogP contribution >= 0.6 is 0 Å². The van der Waals surface area contributed by atoms with Crippen molar-refractivity contribution < 1.29 is 26.3 Å². The Labute approximate surface area is 285 Å². The highest BCUT2D eigenvalue weighted by Crippen LogP contribution is 2.47. The molecule has 0 radical (unpaired) electrons. The van der Waals surface area contributed by atoms with E-state index in [9.17, 15) is 0 Å². The molecule has 1 aliphatic rings. The zero-order chi connectivity index (χ0) is 36.3. The van der Waals surface area contributed by atoms with Gasteiger partial charge in [-0.15, -0.1) is 0 Å². The van der Waals surface area contributed by atoms with E-state index in [1.165, 1.54) is 24.5 Å². The van der Waals surface area contributed by atoms with E-state index in [4.69, 9.17) is 9.97 Å². The highest BCUT2D eigenvalue weighted by molar-refractivity contribution is 5.94. The van der Waals surface area contributed by atoms with Crippen LogP contribution in [-0.4, -0.2) is 47.3 Å². The first-order chi connectivity index (χ1) is 23.2. The molecule has 0 spiro atoms. The van der Waals surface area contributed by atoms with Crippen LogP contribution in [-0.2, 0) is 23.2 Å². The molecule has 0 fully saturated rings. The molecule has 2 aromatic carbocycles. The fourth-order valence-electron chi connectivity index (χ4n) is 7.18. The largest absolute Gasteiger partial charge is 0.432 e. The average molecular weight is 691 g/mol. The van der Waals surface area contributed by atoms with Crippen LogP contribution in [0.4, 0.5) is 37.7 Å². The number of rotatable bonds is 2.